The molecule has 1 aliphatic rings. The summed E-state index contributed by atoms with van der Waals surface area (Å²) in [6.07, 6.45) is 3.46. The highest BCUT2D eigenvalue weighted by Crippen LogP contribution is 2.28. The molecule has 0 radical (unpaired) electrons. The van der Waals surface area contributed by atoms with Crippen LogP contribution in [0, 0.1) is 3.57 Å². The van der Waals surface area contributed by atoms with Crippen molar-refractivity contribution < 1.29 is 0 Å². The van der Waals surface area contributed by atoms with Gasteiger partial charge in [0.2, 0.25) is 0 Å². The van der Waals surface area contributed by atoms with E-state index < -0.39 is 0 Å². The zero-order chi connectivity index (χ0) is 11.0. The molecule has 80 valence electrons. The first-order chi connectivity index (χ1) is 7.84. The van der Waals surface area contributed by atoms with E-state index in [1.807, 2.05) is 6.20 Å². The van der Waals surface area contributed by atoms with Gasteiger partial charge in [0.05, 0.1) is 3.57 Å². The van der Waals surface area contributed by atoms with Crippen LogP contribution in [0.25, 0.3) is 0 Å². The number of halogens is 1. The number of fused-ring (bicyclic) bond motifs is 1. The van der Waals surface area contributed by atoms with Crippen LogP contribution in [0.1, 0.15) is 11.1 Å². The summed E-state index contributed by atoms with van der Waals surface area (Å²) in [4.78, 5) is 10.7. The van der Waals surface area contributed by atoms with Gasteiger partial charge in [-0.05, 0) is 33.7 Å². The SMILES string of the molecule is Ic1cncnc1N1Cc2ccccc2C1. The minimum atomic E-state index is 0.948. The van der Waals surface area contributed by atoms with Crippen LogP contribution in [0.5, 0.6) is 0 Å². The molecule has 4 heteroatoms. The first-order valence-corrected chi connectivity index (χ1v) is 6.20. The highest BCUT2D eigenvalue weighted by atomic mass is 127. The molecule has 0 fully saturated rings. The normalized spacial score (nSPS) is 13.9. The Balaban J connectivity index is 1.95. The van der Waals surface area contributed by atoms with E-state index in [4.69, 9.17) is 0 Å². The second-order valence-corrected chi connectivity index (χ2v) is 4.98. The summed E-state index contributed by atoms with van der Waals surface area (Å²) in [5.74, 6) is 1.03. The van der Waals surface area contributed by atoms with Crippen molar-refractivity contribution in [3.63, 3.8) is 0 Å². The summed E-state index contributed by atoms with van der Waals surface area (Å²) in [6.45, 7) is 1.90. The largest absolute Gasteiger partial charge is 0.347 e. The summed E-state index contributed by atoms with van der Waals surface area (Å²) in [5.41, 5.74) is 2.80. The lowest BCUT2D eigenvalue weighted by molar-refractivity contribution is 0.846. The molecule has 0 aliphatic carbocycles. The monoisotopic (exact) mass is 323 g/mol. The molecule has 3 rings (SSSR count). The van der Waals surface area contributed by atoms with Gasteiger partial charge in [-0.1, -0.05) is 24.3 Å². The van der Waals surface area contributed by atoms with E-state index in [1.54, 1.807) is 6.33 Å². The molecular formula is C12H10IN3. The van der Waals surface area contributed by atoms with Gasteiger partial charge in [0.25, 0.3) is 0 Å². The van der Waals surface area contributed by atoms with Crippen molar-refractivity contribution in [3.8, 4) is 0 Å². The molecule has 0 saturated heterocycles. The molecule has 16 heavy (non-hydrogen) atoms. The molecule has 1 aromatic carbocycles. The molecule has 1 aliphatic heterocycles. The van der Waals surface area contributed by atoms with Crippen LogP contribution in [0.4, 0.5) is 5.82 Å². The number of hydrogen-bond donors (Lipinski definition) is 0. The molecule has 0 amide bonds. The molecule has 2 heterocycles. The molecule has 2 aromatic rings. The Labute approximate surface area is 108 Å². The van der Waals surface area contributed by atoms with Gasteiger partial charge in [0.1, 0.15) is 12.1 Å². The molecule has 0 N–H and O–H groups in total. The van der Waals surface area contributed by atoms with Gasteiger partial charge in [-0.2, -0.15) is 0 Å². The van der Waals surface area contributed by atoms with Crippen molar-refractivity contribution in [2.24, 2.45) is 0 Å². The first kappa shape index (κ1) is 10.0. The number of rotatable bonds is 1. The van der Waals surface area contributed by atoms with Gasteiger partial charge < -0.3 is 4.90 Å². The Hall–Kier alpha value is -1.17. The van der Waals surface area contributed by atoms with Crippen LogP contribution >= 0.6 is 22.6 Å². The average Bonchev–Trinajstić information content (AvgIpc) is 2.73. The third-order valence-corrected chi connectivity index (χ3v) is 3.55. The topological polar surface area (TPSA) is 29.0 Å². The standard InChI is InChI=1S/C12H10IN3/c13-11-5-14-8-15-12(11)16-6-9-3-1-2-4-10(9)7-16/h1-5,8H,6-7H2. The Kier molecular flexibility index (Phi) is 2.51. The van der Waals surface area contributed by atoms with Crippen molar-refractivity contribution in [2.45, 2.75) is 13.1 Å². The van der Waals surface area contributed by atoms with Crippen LogP contribution in [0.3, 0.4) is 0 Å². The Morgan fingerprint density at radius 3 is 2.44 bits per heavy atom. The summed E-state index contributed by atoms with van der Waals surface area (Å²) in [7, 11) is 0. The van der Waals surface area contributed by atoms with Crippen LogP contribution < -0.4 is 4.90 Å². The van der Waals surface area contributed by atoms with E-state index in [0.29, 0.717) is 0 Å². The highest BCUT2D eigenvalue weighted by molar-refractivity contribution is 14.1. The molecule has 0 spiro atoms. The van der Waals surface area contributed by atoms with Crippen LogP contribution in [0.2, 0.25) is 0 Å². The fourth-order valence-corrected chi connectivity index (χ4v) is 2.66. The van der Waals surface area contributed by atoms with E-state index in [-0.39, 0.29) is 0 Å². The van der Waals surface area contributed by atoms with E-state index >= 15 is 0 Å². The van der Waals surface area contributed by atoms with Gasteiger partial charge in [-0.3, -0.25) is 0 Å². The van der Waals surface area contributed by atoms with Crippen molar-refractivity contribution in [3.05, 3.63) is 51.5 Å². The molecule has 3 nitrogen and oxygen atoms in total. The number of aromatic nitrogens is 2. The lowest BCUT2D eigenvalue weighted by atomic mass is 10.1. The maximum atomic E-state index is 4.35. The lowest BCUT2D eigenvalue weighted by Crippen LogP contribution is -2.17. The molecule has 1 aromatic heterocycles. The van der Waals surface area contributed by atoms with E-state index in [2.05, 4.69) is 61.7 Å². The van der Waals surface area contributed by atoms with Gasteiger partial charge in [0, 0.05) is 19.3 Å². The smallest absolute Gasteiger partial charge is 0.146 e. The third-order valence-electron chi connectivity index (χ3n) is 2.79. The molecule has 0 atom stereocenters. The molecule has 0 saturated carbocycles. The molecular weight excluding hydrogens is 313 g/mol. The fourth-order valence-electron chi connectivity index (χ4n) is 2.02. The molecule has 0 bridgehead atoms. The predicted molar refractivity (Wildman–Crippen MR) is 71.1 cm³/mol. The average molecular weight is 323 g/mol. The van der Waals surface area contributed by atoms with Crippen LogP contribution in [-0.2, 0) is 13.1 Å². The second-order valence-electron chi connectivity index (χ2n) is 3.82. The van der Waals surface area contributed by atoms with Crippen molar-refractivity contribution in [1.29, 1.82) is 0 Å². The number of nitrogens with zero attached hydrogens (tertiary/aromatic N) is 3. The summed E-state index contributed by atoms with van der Waals surface area (Å²) >= 11 is 2.28. The van der Waals surface area contributed by atoms with Gasteiger partial charge >= 0.3 is 0 Å². The van der Waals surface area contributed by atoms with Gasteiger partial charge in [-0.15, -0.1) is 0 Å². The maximum absolute atomic E-state index is 4.35. The van der Waals surface area contributed by atoms with Crippen LogP contribution in [-0.4, -0.2) is 9.97 Å². The maximum Gasteiger partial charge on any atom is 0.146 e. The fraction of sp³-hybridized carbons (Fsp3) is 0.167. The Bertz CT molecular complexity index is 502. The summed E-state index contributed by atoms with van der Waals surface area (Å²) in [5, 5.41) is 0. The minimum absolute atomic E-state index is 0.948. The Morgan fingerprint density at radius 2 is 1.81 bits per heavy atom. The van der Waals surface area contributed by atoms with Crippen molar-refractivity contribution in [1.82, 2.24) is 9.97 Å². The minimum Gasteiger partial charge on any atom is -0.347 e. The molecule has 0 unspecified atom stereocenters. The van der Waals surface area contributed by atoms with Crippen molar-refractivity contribution in [2.75, 3.05) is 4.90 Å². The van der Waals surface area contributed by atoms with E-state index in [0.717, 1.165) is 22.5 Å². The van der Waals surface area contributed by atoms with Gasteiger partial charge in [-0.25, -0.2) is 9.97 Å². The lowest BCUT2D eigenvalue weighted by Gasteiger charge is -2.17. The third kappa shape index (κ3) is 1.67. The summed E-state index contributed by atoms with van der Waals surface area (Å²) < 4.78 is 1.10. The zero-order valence-electron chi connectivity index (χ0n) is 8.60. The number of anilines is 1. The van der Waals surface area contributed by atoms with Crippen molar-refractivity contribution >= 4 is 28.4 Å². The van der Waals surface area contributed by atoms with Gasteiger partial charge in [0.15, 0.2) is 0 Å². The first-order valence-electron chi connectivity index (χ1n) is 5.12. The van der Waals surface area contributed by atoms with E-state index in [1.165, 1.54) is 11.1 Å². The quantitative estimate of drug-likeness (QED) is 0.756. The Morgan fingerprint density at radius 1 is 1.12 bits per heavy atom. The van der Waals surface area contributed by atoms with E-state index in [9.17, 15) is 0 Å². The predicted octanol–water partition coefficient (Wildman–Crippen LogP) is 2.60. The number of hydrogen-bond acceptors (Lipinski definition) is 3. The number of benzene rings is 1. The zero-order valence-corrected chi connectivity index (χ0v) is 10.8. The highest BCUT2D eigenvalue weighted by Gasteiger charge is 2.20. The van der Waals surface area contributed by atoms with Crippen LogP contribution in [0.15, 0.2) is 36.8 Å². The summed E-state index contributed by atoms with van der Waals surface area (Å²) in [6, 6.07) is 8.55. The second kappa shape index (κ2) is 4.01.